The Morgan fingerprint density at radius 3 is 2.55 bits per heavy atom. The summed E-state index contributed by atoms with van der Waals surface area (Å²) in [6.45, 7) is 0. The molecule has 3 rings (SSSR count). The predicted octanol–water partition coefficient (Wildman–Crippen LogP) is 1.87. The first-order chi connectivity index (χ1) is 10.6. The summed E-state index contributed by atoms with van der Waals surface area (Å²) < 4.78 is 4.83. The van der Waals surface area contributed by atoms with E-state index in [2.05, 4.69) is 5.32 Å². The molecule has 0 saturated carbocycles. The zero-order valence-corrected chi connectivity index (χ0v) is 12.1. The molecule has 22 heavy (non-hydrogen) atoms. The second kappa shape index (κ2) is 5.69. The van der Waals surface area contributed by atoms with Crippen molar-refractivity contribution in [2.24, 2.45) is 0 Å². The standard InChI is InChI=1S/C17H17NO4/c1-22-17(21)13-7-11-8-14(19)15(20)9-12(11)16(18-13)10-5-3-2-4-6-10/h2-6,8-9,13,16,18-20H,7H2,1H3/t13-,16-/m0/s1. The van der Waals surface area contributed by atoms with Crippen LogP contribution in [0.15, 0.2) is 42.5 Å². The van der Waals surface area contributed by atoms with Gasteiger partial charge in [-0.3, -0.25) is 10.1 Å². The fourth-order valence-corrected chi connectivity index (χ4v) is 2.87. The summed E-state index contributed by atoms with van der Waals surface area (Å²) in [5, 5.41) is 22.8. The maximum Gasteiger partial charge on any atom is 0.323 e. The van der Waals surface area contributed by atoms with Crippen LogP contribution in [-0.2, 0) is 16.0 Å². The largest absolute Gasteiger partial charge is 0.504 e. The third kappa shape index (κ3) is 2.51. The van der Waals surface area contributed by atoms with E-state index in [0.29, 0.717) is 6.42 Å². The van der Waals surface area contributed by atoms with E-state index in [1.807, 2.05) is 30.3 Å². The van der Waals surface area contributed by atoms with Crippen LogP contribution in [0, 0.1) is 0 Å². The number of benzene rings is 2. The van der Waals surface area contributed by atoms with Gasteiger partial charge < -0.3 is 14.9 Å². The highest BCUT2D eigenvalue weighted by Crippen LogP contribution is 2.37. The van der Waals surface area contributed by atoms with Gasteiger partial charge in [0, 0.05) is 0 Å². The van der Waals surface area contributed by atoms with Gasteiger partial charge in [-0.2, -0.15) is 0 Å². The first kappa shape index (κ1) is 14.4. The maximum absolute atomic E-state index is 11.9. The van der Waals surface area contributed by atoms with Gasteiger partial charge in [0.2, 0.25) is 0 Å². The minimum Gasteiger partial charge on any atom is -0.504 e. The molecular formula is C17H17NO4. The van der Waals surface area contributed by atoms with E-state index in [1.54, 1.807) is 6.07 Å². The Labute approximate surface area is 128 Å². The third-order valence-corrected chi connectivity index (χ3v) is 3.96. The number of methoxy groups -OCH3 is 1. The molecule has 2 atom stereocenters. The first-order valence-corrected chi connectivity index (χ1v) is 7.03. The Balaban J connectivity index is 2.09. The Bertz CT molecular complexity index is 699. The van der Waals surface area contributed by atoms with Gasteiger partial charge in [0.25, 0.3) is 0 Å². The SMILES string of the molecule is COC(=O)[C@@H]1Cc2cc(O)c(O)cc2[C@H](c2ccccc2)N1. The minimum atomic E-state index is -0.494. The van der Waals surface area contributed by atoms with E-state index >= 15 is 0 Å². The van der Waals surface area contributed by atoms with Crippen LogP contribution < -0.4 is 5.32 Å². The summed E-state index contributed by atoms with van der Waals surface area (Å²) in [4.78, 5) is 11.9. The van der Waals surface area contributed by atoms with Crippen molar-refractivity contribution < 1.29 is 19.7 Å². The number of ether oxygens (including phenoxy) is 1. The number of phenolic OH excluding ortho intramolecular Hbond substituents is 2. The quantitative estimate of drug-likeness (QED) is 0.583. The molecule has 0 aliphatic carbocycles. The highest BCUT2D eigenvalue weighted by atomic mass is 16.5. The zero-order chi connectivity index (χ0) is 15.7. The fourth-order valence-electron chi connectivity index (χ4n) is 2.87. The van der Waals surface area contributed by atoms with Crippen LogP contribution in [0.3, 0.4) is 0 Å². The fraction of sp³-hybridized carbons (Fsp3) is 0.235. The van der Waals surface area contributed by atoms with Gasteiger partial charge in [-0.1, -0.05) is 30.3 Å². The van der Waals surface area contributed by atoms with Crippen molar-refractivity contribution in [1.29, 1.82) is 0 Å². The molecule has 5 nitrogen and oxygen atoms in total. The Kier molecular flexibility index (Phi) is 3.73. The van der Waals surface area contributed by atoms with Crippen molar-refractivity contribution >= 4 is 5.97 Å². The molecule has 0 bridgehead atoms. The maximum atomic E-state index is 11.9. The van der Waals surface area contributed by atoms with Gasteiger partial charge in [0.15, 0.2) is 11.5 Å². The lowest BCUT2D eigenvalue weighted by Crippen LogP contribution is -2.45. The molecule has 5 heteroatoms. The Morgan fingerprint density at radius 1 is 1.18 bits per heavy atom. The number of aromatic hydroxyl groups is 2. The number of hydrogen-bond donors (Lipinski definition) is 3. The third-order valence-electron chi connectivity index (χ3n) is 3.96. The average molecular weight is 299 g/mol. The average Bonchev–Trinajstić information content (AvgIpc) is 2.55. The molecule has 0 fully saturated rings. The van der Waals surface area contributed by atoms with Crippen molar-refractivity contribution in [2.45, 2.75) is 18.5 Å². The molecule has 0 amide bonds. The molecule has 0 spiro atoms. The molecule has 0 saturated heterocycles. The Morgan fingerprint density at radius 2 is 1.86 bits per heavy atom. The number of nitrogens with one attached hydrogen (secondary N) is 1. The van der Waals surface area contributed by atoms with Crippen LogP contribution in [0.1, 0.15) is 22.7 Å². The molecule has 0 unspecified atom stereocenters. The predicted molar refractivity (Wildman–Crippen MR) is 80.7 cm³/mol. The number of esters is 1. The summed E-state index contributed by atoms with van der Waals surface area (Å²) in [7, 11) is 1.35. The van der Waals surface area contributed by atoms with Gasteiger partial charge in [-0.25, -0.2) is 0 Å². The highest BCUT2D eigenvalue weighted by Gasteiger charge is 2.32. The smallest absolute Gasteiger partial charge is 0.323 e. The molecule has 0 aromatic heterocycles. The van der Waals surface area contributed by atoms with Crippen LogP contribution in [0.4, 0.5) is 0 Å². The lowest BCUT2D eigenvalue weighted by molar-refractivity contribution is -0.143. The van der Waals surface area contributed by atoms with Crippen molar-refractivity contribution in [3.63, 3.8) is 0 Å². The van der Waals surface area contributed by atoms with Crippen molar-refractivity contribution in [2.75, 3.05) is 7.11 Å². The zero-order valence-electron chi connectivity index (χ0n) is 12.1. The second-order valence-electron chi connectivity index (χ2n) is 5.33. The van der Waals surface area contributed by atoms with E-state index < -0.39 is 6.04 Å². The minimum absolute atomic E-state index is 0.169. The van der Waals surface area contributed by atoms with Gasteiger partial charge >= 0.3 is 5.97 Å². The lowest BCUT2D eigenvalue weighted by Gasteiger charge is -2.32. The molecule has 114 valence electrons. The van der Waals surface area contributed by atoms with Gasteiger partial charge in [0.1, 0.15) is 6.04 Å². The van der Waals surface area contributed by atoms with Crippen LogP contribution in [0.25, 0.3) is 0 Å². The first-order valence-electron chi connectivity index (χ1n) is 7.03. The number of hydrogen-bond acceptors (Lipinski definition) is 5. The van der Waals surface area contributed by atoms with E-state index in [-0.39, 0.29) is 23.5 Å². The second-order valence-corrected chi connectivity index (χ2v) is 5.33. The summed E-state index contributed by atoms with van der Waals surface area (Å²) in [5.74, 6) is -0.701. The summed E-state index contributed by atoms with van der Waals surface area (Å²) in [6, 6.07) is 12.0. The number of fused-ring (bicyclic) bond motifs is 1. The van der Waals surface area contributed by atoms with Crippen LogP contribution in [0.2, 0.25) is 0 Å². The van der Waals surface area contributed by atoms with E-state index in [0.717, 1.165) is 16.7 Å². The number of carbonyl (C=O) groups excluding carboxylic acids is 1. The van der Waals surface area contributed by atoms with E-state index in [4.69, 9.17) is 4.74 Å². The van der Waals surface area contributed by atoms with E-state index in [1.165, 1.54) is 13.2 Å². The molecule has 1 aliphatic rings. The van der Waals surface area contributed by atoms with Crippen molar-refractivity contribution in [3.8, 4) is 11.5 Å². The molecule has 2 aromatic rings. The van der Waals surface area contributed by atoms with Crippen molar-refractivity contribution in [1.82, 2.24) is 5.32 Å². The molecule has 1 aliphatic heterocycles. The van der Waals surface area contributed by atoms with Crippen LogP contribution in [-0.4, -0.2) is 29.3 Å². The summed E-state index contributed by atoms with van der Waals surface area (Å²) >= 11 is 0. The van der Waals surface area contributed by atoms with Crippen LogP contribution >= 0.6 is 0 Å². The summed E-state index contributed by atoms with van der Waals surface area (Å²) in [6.07, 6.45) is 0.402. The van der Waals surface area contributed by atoms with Crippen LogP contribution in [0.5, 0.6) is 11.5 Å². The van der Waals surface area contributed by atoms with Gasteiger partial charge in [-0.05, 0) is 35.2 Å². The van der Waals surface area contributed by atoms with Crippen molar-refractivity contribution in [3.05, 3.63) is 59.2 Å². The van der Waals surface area contributed by atoms with Gasteiger partial charge in [0.05, 0.1) is 13.2 Å². The van der Waals surface area contributed by atoms with E-state index in [9.17, 15) is 15.0 Å². The molecule has 1 heterocycles. The van der Waals surface area contributed by atoms with Gasteiger partial charge in [-0.15, -0.1) is 0 Å². The normalized spacial score (nSPS) is 20.2. The monoisotopic (exact) mass is 299 g/mol. The number of rotatable bonds is 2. The Hall–Kier alpha value is -2.53. The molecule has 3 N–H and O–H groups in total. The topological polar surface area (TPSA) is 78.8 Å². The number of carbonyl (C=O) groups is 1. The summed E-state index contributed by atoms with van der Waals surface area (Å²) in [5.41, 5.74) is 2.64. The lowest BCUT2D eigenvalue weighted by atomic mass is 9.86. The number of phenols is 2. The molecule has 2 aromatic carbocycles. The molecular weight excluding hydrogens is 282 g/mol. The highest BCUT2D eigenvalue weighted by molar-refractivity contribution is 5.77. The molecule has 0 radical (unpaired) electrons.